The van der Waals surface area contributed by atoms with Crippen LogP contribution in [0.2, 0.25) is 0 Å². The smallest absolute Gasteiger partial charge is 0.144 e. The Morgan fingerprint density at radius 1 is 1.00 bits per heavy atom. The van der Waals surface area contributed by atoms with Crippen LogP contribution in [0.3, 0.4) is 0 Å². The predicted molar refractivity (Wildman–Crippen MR) is 79.9 cm³/mol. The third-order valence-electron chi connectivity index (χ3n) is 3.07. The van der Waals surface area contributed by atoms with Crippen LogP contribution in [0.5, 0.6) is 5.75 Å². The van der Waals surface area contributed by atoms with Crippen molar-refractivity contribution in [2.45, 2.75) is 6.61 Å². The molecule has 1 heterocycles. The molecule has 0 spiro atoms. The van der Waals surface area contributed by atoms with Gasteiger partial charge in [0.1, 0.15) is 18.2 Å². The molecule has 0 aliphatic rings. The summed E-state index contributed by atoms with van der Waals surface area (Å²) in [6.45, 7) is 0.412. The molecule has 3 rings (SSSR count). The number of hydrogen-bond donors (Lipinski definition) is 1. The van der Waals surface area contributed by atoms with E-state index in [0.29, 0.717) is 6.61 Å². The molecule has 0 atom stereocenters. The second kappa shape index (κ2) is 5.57. The molecule has 0 aliphatic carbocycles. The minimum atomic E-state index is 0.412. The van der Waals surface area contributed by atoms with Crippen molar-refractivity contribution in [2.24, 2.45) is 0 Å². The van der Waals surface area contributed by atoms with Crippen molar-refractivity contribution in [1.29, 1.82) is 0 Å². The van der Waals surface area contributed by atoms with E-state index in [1.165, 1.54) is 10.8 Å². The molecule has 0 amide bonds. The number of fused-ring (bicyclic) bond motifs is 1. The third kappa shape index (κ3) is 2.69. The molecule has 4 nitrogen and oxygen atoms in total. The molecule has 4 heteroatoms. The van der Waals surface area contributed by atoms with Gasteiger partial charge in [-0.2, -0.15) is 0 Å². The van der Waals surface area contributed by atoms with Crippen LogP contribution in [0, 0.1) is 0 Å². The number of ether oxygens (including phenoxy) is 1. The van der Waals surface area contributed by atoms with Crippen LogP contribution >= 0.6 is 0 Å². The van der Waals surface area contributed by atoms with Gasteiger partial charge in [-0.3, -0.25) is 4.98 Å². The maximum Gasteiger partial charge on any atom is 0.144 e. The first kappa shape index (κ1) is 12.4. The number of benzene rings is 2. The molecule has 3 aromatic rings. The van der Waals surface area contributed by atoms with Crippen LogP contribution in [-0.2, 0) is 6.61 Å². The summed E-state index contributed by atoms with van der Waals surface area (Å²) in [5.74, 6) is 1.59. The molecule has 0 aliphatic heterocycles. The summed E-state index contributed by atoms with van der Waals surface area (Å²) in [6, 6.07) is 14.3. The van der Waals surface area contributed by atoms with Crippen molar-refractivity contribution in [2.75, 3.05) is 12.4 Å². The highest BCUT2D eigenvalue weighted by molar-refractivity contribution is 5.83. The lowest BCUT2D eigenvalue weighted by Crippen LogP contribution is -2.01. The summed E-state index contributed by atoms with van der Waals surface area (Å²) >= 11 is 0. The molecule has 0 unspecified atom stereocenters. The van der Waals surface area contributed by atoms with Crippen molar-refractivity contribution in [3.05, 3.63) is 60.6 Å². The molecule has 0 fully saturated rings. The van der Waals surface area contributed by atoms with Gasteiger partial charge in [0.25, 0.3) is 0 Å². The summed E-state index contributed by atoms with van der Waals surface area (Å²) in [5.41, 5.74) is 0.803. The van der Waals surface area contributed by atoms with E-state index in [4.69, 9.17) is 4.74 Å². The van der Waals surface area contributed by atoms with E-state index in [1.54, 1.807) is 12.4 Å². The van der Waals surface area contributed by atoms with Crippen molar-refractivity contribution in [3.8, 4) is 5.75 Å². The highest BCUT2D eigenvalue weighted by Crippen LogP contribution is 2.21. The lowest BCUT2D eigenvalue weighted by Gasteiger charge is -2.07. The standard InChI is InChI=1S/C16H15N3O/c1-17-16-10-18-14(9-19-16)11-20-15-7-6-12-4-2-3-5-13(12)8-15/h2-10H,11H2,1H3,(H,17,19). The Morgan fingerprint density at radius 3 is 2.60 bits per heavy atom. The van der Waals surface area contributed by atoms with Crippen LogP contribution in [0.4, 0.5) is 5.82 Å². The number of rotatable bonds is 4. The van der Waals surface area contributed by atoms with Gasteiger partial charge in [-0.05, 0) is 22.9 Å². The summed E-state index contributed by atoms with van der Waals surface area (Å²) < 4.78 is 5.75. The predicted octanol–water partition coefficient (Wildman–Crippen LogP) is 3.25. The van der Waals surface area contributed by atoms with E-state index < -0.39 is 0 Å². The maximum atomic E-state index is 5.75. The van der Waals surface area contributed by atoms with Crippen LogP contribution in [0.1, 0.15) is 5.69 Å². The third-order valence-corrected chi connectivity index (χ3v) is 3.07. The highest BCUT2D eigenvalue weighted by Gasteiger charge is 2.00. The van der Waals surface area contributed by atoms with Crippen molar-refractivity contribution in [3.63, 3.8) is 0 Å². The van der Waals surface area contributed by atoms with Crippen LogP contribution in [0.15, 0.2) is 54.9 Å². The van der Waals surface area contributed by atoms with Crippen molar-refractivity contribution < 1.29 is 4.74 Å². The Kier molecular flexibility index (Phi) is 3.46. The second-order valence-corrected chi connectivity index (χ2v) is 4.44. The monoisotopic (exact) mass is 265 g/mol. The fraction of sp³-hybridized carbons (Fsp3) is 0.125. The number of hydrogen-bond acceptors (Lipinski definition) is 4. The van der Waals surface area contributed by atoms with E-state index in [9.17, 15) is 0 Å². The zero-order valence-electron chi connectivity index (χ0n) is 11.2. The Bertz CT molecular complexity index is 710. The molecular weight excluding hydrogens is 250 g/mol. The van der Waals surface area contributed by atoms with Gasteiger partial charge in [0.2, 0.25) is 0 Å². The number of nitrogens with one attached hydrogen (secondary N) is 1. The molecule has 0 radical (unpaired) electrons. The number of anilines is 1. The first-order valence-corrected chi connectivity index (χ1v) is 6.45. The summed E-state index contributed by atoms with van der Waals surface area (Å²) in [5, 5.41) is 5.31. The average molecular weight is 265 g/mol. The number of nitrogens with zero attached hydrogens (tertiary/aromatic N) is 2. The van der Waals surface area contributed by atoms with Gasteiger partial charge in [-0.15, -0.1) is 0 Å². The first-order chi connectivity index (χ1) is 9.85. The summed E-state index contributed by atoms with van der Waals surface area (Å²) in [7, 11) is 1.81. The molecule has 20 heavy (non-hydrogen) atoms. The highest BCUT2D eigenvalue weighted by atomic mass is 16.5. The maximum absolute atomic E-state index is 5.75. The Balaban J connectivity index is 1.72. The lowest BCUT2D eigenvalue weighted by molar-refractivity contribution is 0.301. The summed E-state index contributed by atoms with van der Waals surface area (Å²) in [6.07, 6.45) is 3.41. The van der Waals surface area contributed by atoms with E-state index in [0.717, 1.165) is 17.3 Å². The Hall–Kier alpha value is -2.62. The van der Waals surface area contributed by atoms with E-state index >= 15 is 0 Å². The zero-order chi connectivity index (χ0) is 13.8. The molecule has 2 aromatic carbocycles. The minimum absolute atomic E-state index is 0.412. The van der Waals surface area contributed by atoms with Gasteiger partial charge in [0.15, 0.2) is 0 Å². The molecule has 1 aromatic heterocycles. The van der Waals surface area contributed by atoms with E-state index in [2.05, 4.69) is 33.5 Å². The zero-order valence-corrected chi connectivity index (χ0v) is 11.2. The second-order valence-electron chi connectivity index (χ2n) is 4.44. The average Bonchev–Trinajstić information content (AvgIpc) is 2.53. The van der Waals surface area contributed by atoms with Gasteiger partial charge in [0, 0.05) is 7.05 Å². The topological polar surface area (TPSA) is 47.0 Å². The van der Waals surface area contributed by atoms with E-state index in [1.807, 2.05) is 31.3 Å². The normalized spacial score (nSPS) is 10.4. The molecular formula is C16H15N3O. The van der Waals surface area contributed by atoms with Gasteiger partial charge in [-0.1, -0.05) is 30.3 Å². The van der Waals surface area contributed by atoms with Crippen molar-refractivity contribution in [1.82, 2.24) is 9.97 Å². The molecule has 0 saturated carbocycles. The summed E-state index contributed by atoms with van der Waals surface area (Å²) in [4.78, 5) is 8.48. The van der Waals surface area contributed by atoms with Crippen LogP contribution in [0.25, 0.3) is 10.8 Å². The fourth-order valence-corrected chi connectivity index (χ4v) is 1.97. The fourth-order valence-electron chi connectivity index (χ4n) is 1.97. The first-order valence-electron chi connectivity index (χ1n) is 6.45. The Labute approximate surface area is 117 Å². The Morgan fingerprint density at radius 2 is 1.85 bits per heavy atom. The molecule has 0 saturated heterocycles. The van der Waals surface area contributed by atoms with Crippen LogP contribution in [-0.4, -0.2) is 17.0 Å². The number of aromatic nitrogens is 2. The van der Waals surface area contributed by atoms with Gasteiger partial charge >= 0.3 is 0 Å². The van der Waals surface area contributed by atoms with Crippen molar-refractivity contribution >= 4 is 16.6 Å². The van der Waals surface area contributed by atoms with Gasteiger partial charge in [-0.25, -0.2) is 4.98 Å². The molecule has 1 N–H and O–H groups in total. The quantitative estimate of drug-likeness (QED) is 0.786. The van der Waals surface area contributed by atoms with E-state index in [-0.39, 0.29) is 0 Å². The molecule has 0 bridgehead atoms. The SMILES string of the molecule is CNc1cnc(COc2ccc3ccccc3c2)cn1. The van der Waals surface area contributed by atoms with Crippen LogP contribution < -0.4 is 10.1 Å². The minimum Gasteiger partial charge on any atom is -0.487 e. The lowest BCUT2D eigenvalue weighted by atomic mass is 10.1. The molecule has 100 valence electrons. The van der Waals surface area contributed by atoms with Gasteiger partial charge < -0.3 is 10.1 Å². The van der Waals surface area contributed by atoms with Gasteiger partial charge in [0.05, 0.1) is 18.1 Å². The largest absolute Gasteiger partial charge is 0.487 e.